The van der Waals surface area contributed by atoms with Gasteiger partial charge in [0.15, 0.2) is 19.4 Å². The Labute approximate surface area is 116 Å². The van der Waals surface area contributed by atoms with E-state index in [0.29, 0.717) is 0 Å². The molecule has 19 heavy (non-hydrogen) atoms. The van der Waals surface area contributed by atoms with Crippen LogP contribution in [0.25, 0.3) is 0 Å². The second-order valence-corrected chi connectivity index (χ2v) is 6.51. The van der Waals surface area contributed by atoms with Crippen molar-refractivity contribution >= 4 is 13.3 Å². The minimum atomic E-state index is -3.85. The van der Waals surface area contributed by atoms with E-state index in [1.165, 1.54) is 36.0 Å². The van der Waals surface area contributed by atoms with Crippen LogP contribution < -0.4 is 9.42 Å². The molecule has 1 aromatic carbocycles. The summed E-state index contributed by atoms with van der Waals surface area (Å²) in [6.07, 6.45) is 0. The minimum Gasteiger partial charge on any atom is -0.769 e. The molecule has 8 heteroatoms. The van der Waals surface area contributed by atoms with Gasteiger partial charge in [0.1, 0.15) is 16.5 Å². The Hall–Kier alpha value is -1.10. The number of nitrogens with zero attached hydrogens (tertiary/aromatic N) is 1. The molecule has 0 amide bonds. The summed E-state index contributed by atoms with van der Waals surface area (Å²) >= 11 is 0. The fourth-order valence-electron chi connectivity index (χ4n) is 1.01. The van der Waals surface area contributed by atoms with Crippen LogP contribution in [0.1, 0.15) is 13.8 Å². The van der Waals surface area contributed by atoms with Gasteiger partial charge in [-0.15, -0.1) is 0 Å². The van der Waals surface area contributed by atoms with Crippen molar-refractivity contribution < 1.29 is 29.7 Å². The lowest BCUT2D eigenvalue weighted by molar-refractivity contribution is -0.648. The monoisotopic (exact) mass is 309 g/mol. The van der Waals surface area contributed by atoms with Crippen LogP contribution in [0.2, 0.25) is 0 Å². The van der Waals surface area contributed by atoms with Crippen LogP contribution in [-0.4, -0.2) is 23.3 Å². The molecule has 0 bridgehead atoms. The van der Waals surface area contributed by atoms with E-state index in [4.69, 9.17) is 0 Å². The van der Waals surface area contributed by atoms with Crippen LogP contribution in [0.15, 0.2) is 24.3 Å². The predicted molar refractivity (Wildman–Crippen MR) is 68.3 cm³/mol. The minimum absolute atomic E-state index is 0.0661. The lowest BCUT2D eigenvalue weighted by atomic mass is 10.3. The Morgan fingerprint density at radius 1 is 1.26 bits per heavy atom. The van der Waals surface area contributed by atoms with Crippen LogP contribution in [0.3, 0.4) is 0 Å². The molecule has 1 atom stereocenters. The number of nitro groups is 1. The first kappa shape index (κ1) is 17.9. The lowest BCUT2D eigenvalue weighted by Gasteiger charge is -2.18. The quantitative estimate of drug-likeness (QED) is 0.360. The van der Waals surface area contributed by atoms with Crippen LogP contribution >= 0.6 is 7.60 Å². The van der Waals surface area contributed by atoms with E-state index in [2.05, 4.69) is 29.2 Å². The second kappa shape index (κ2) is 8.91. The summed E-state index contributed by atoms with van der Waals surface area (Å²) in [6.45, 7) is 5.23. The first-order chi connectivity index (χ1) is 8.80. The molecule has 0 saturated heterocycles. The highest BCUT2D eigenvalue weighted by Gasteiger charge is 2.06. The third-order valence-corrected chi connectivity index (χ3v) is 3.00. The van der Waals surface area contributed by atoms with Crippen LogP contribution in [0, 0.1) is 20.9 Å². The van der Waals surface area contributed by atoms with Crippen molar-refractivity contribution in [2.75, 3.05) is 18.4 Å². The molecule has 1 unspecified atom stereocenters. The maximum absolute atomic E-state index is 10.7. The van der Waals surface area contributed by atoms with E-state index in [0.717, 1.165) is 6.66 Å². The Kier molecular flexibility index (Phi) is 8.39. The summed E-state index contributed by atoms with van der Waals surface area (Å²) in [6, 6.07) is 4.80. The van der Waals surface area contributed by atoms with Gasteiger partial charge in [-0.05, 0) is 26.0 Å². The number of rotatable bonds is 5. The molecule has 6 nitrogen and oxygen atoms in total. The molecular formula is C11H17ClNO5P. The van der Waals surface area contributed by atoms with Crippen molar-refractivity contribution in [2.24, 2.45) is 0 Å². The molecule has 0 spiro atoms. The molecule has 0 heterocycles. The number of halogens is 1. The highest BCUT2D eigenvalue weighted by Crippen LogP contribution is 2.34. The summed E-state index contributed by atoms with van der Waals surface area (Å²) in [5.74, 6) is 2.48. The van der Waals surface area contributed by atoms with E-state index in [-0.39, 0.29) is 11.4 Å². The van der Waals surface area contributed by atoms with E-state index in [9.17, 15) is 19.6 Å². The molecule has 1 rings (SSSR count). The van der Waals surface area contributed by atoms with Crippen molar-refractivity contribution in [1.82, 2.24) is 0 Å². The molecule has 0 aliphatic rings. The molecule has 0 radical (unpaired) electrons. The predicted octanol–water partition coefficient (Wildman–Crippen LogP) is 2.27. The van der Waals surface area contributed by atoms with Crippen LogP contribution in [0.5, 0.6) is 5.75 Å². The fourth-order valence-corrected chi connectivity index (χ4v) is 1.89. The molecule has 108 valence electrons. The first-order valence-corrected chi connectivity index (χ1v) is 8.62. The summed E-state index contributed by atoms with van der Waals surface area (Å²) in [7, 11) is -1.50. The average Bonchev–Trinajstić information content (AvgIpc) is 2.29. The van der Waals surface area contributed by atoms with E-state index < -0.39 is 12.5 Å². The van der Waals surface area contributed by atoms with E-state index >= 15 is 0 Å². The first-order valence-electron chi connectivity index (χ1n) is 5.56. The molecule has 0 aromatic heterocycles. The van der Waals surface area contributed by atoms with Gasteiger partial charge >= 0.3 is 0 Å². The summed E-state index contributed by atoms with van der Waals surface area (Å²) in [5.41, 5.74) is -0.116. The number of hydrogen-bond donors (Lipinski definition) is 0. The van der Waals surface area contributed by atoms with Crippen molar-refractivity contribution in [3.8, 4) is 5.75 Å². The van der Waals surface area contributed by atoms with Gasteiger partial charge in [0, 0.05) is 18.8 Å². The average molecular weight is 310 g/mol. The molecular weight excluding hydrogens is 293 g/mol. The molecule has 0 aliphatic heterocycles. The maximum atomic E-state index is 10.7. The molecule has 1 aromatic rings. The number of non-ortho nitro benzene ring substituents is 1. The van der Waals surface area contributed by atoms with Gasteiger partial charge in [-0.2, -0.15) is 0 Å². The Morgan fingerprint density at radius 3 is 2.00 bits per heavy atom. The topological polar surface area (TPSA) is 92.5 Å². The number of nitro benzene ring substituents is 1. The normalized spacial score (nSPS) is 12.8. The van der Waals surface area contributed by atoms with Gasteiger partial charge < -0.3 is 9.42 Å². The zero-order chi connectivity index (χ0) is 14.9. The molecule has 0 fully saturated rings. The van der Waals surface area contributed by atoms with Crippen molar-refractivity contribution in [1.29, 1.82) is 0 Å². The van der Waals surface area contributed by atoms with Gasteiger partial charge in [0.25, 0.3) is 5.69 Å². The number of benzene rings is 1. The third-order valence-electron chi connectivity index (χ3n) is 1.70. The van der Waals surface area contributed by atoms with Crippen molar-refractivity contribution in [3.63, 3.8) is 0 Å². The lowest BCUT2D eigenvalue weighted by Crippen LogP contribution is -2.04. The standard InChI is InChI=1S/C7H8NO5P.C4H10Cl/c1-14(11,12)13-7-4-2-6(3-5-7)8(9)10;1-3-5-4-2/h2-5H,1H3,(H,11,12);3-4H2,1-2H3/q;+1/p-1. The summed E-state index contributed by atoms with van der Waals surface area (Å²) in [5, 5.41) is 10.2. The largest absolute Gasteiger partial charge is 0.769 e. The highest BCUT2D eigenvalue weighted by atomic mass is 35.5. The van der Waals surface area contributed by atoms with Gasteiger partial charge in [0.2, 0.25) is 0 Å². The van der Waals surface area contributed by atoms with Crippen LogP contribution in [0.4, 0.5) is 5.69 Å². The SMILES string of the molecule is CC[Cl+]CC.CP(=O)([O-])Oc1ccc([N+](=O)[O-])cc1. The van der Waals surface area contributed by atoms with Crippen LogP contribution in [-0.2, 0) is 4.57 Å². The smallest absolute Gasteiger partial charge is 0.269 e. The van der Waals surface area contributed by atoms with Gasteiger partial charge in [-0.1, -0.05) is 0 Å². The van der Waals surface area contributed by atoms with E-state index in [1.807, 2.05) is 0 Å². The zero-order valence-electron chi connectivity index (χ0n) is 11.0. The Morgan fingerprint density at radius 2 is 1.74 bits per heavy atom. The molecule has 0 saturated carbocycles. The highest BCUT2D eigenvalue weighted by molar-refractivity contribution is 7.50. The summed E-state index contributed by atoms with van der Waals surface area (Å²) < 4.78 is 15.2. The van der Waals surface area contributed by atoms with Gasteiger partial charge in [-0.3, -0.25) is 14.7 Å². The van der Waals surface area contributed by atoms with Gasteiger partial charge in [0.05, 0.1) is 4.92 Å². The third kappa shape index (κ3) is 9.47. The Balaban J connectivity index is 0.000000555. The second-order valence-electron chi connectivity index (χ2n) is 3.34. The number of alkyl halides is 2. The van der Waals surface area contributed by atoms with E-state index in [1.54, 1.807) is 0 Å². The zero-order valence-corrected chi connectivity index (χ0v) is 12.7. The maximum Gasteiger partial charge on any atom is 0.269 e. The molecule has 0 aliphatic carbocycles. The fraction of sp³-hybridized carbons (Fsp3) is 0.455. The van der Waals surface area contributed by atoms with Crippen molar-refractivity contribution in [2.45, 2.75) is 13.8 Å². The molecule has 0 N–H and O–H groups in total. The van der Waals surface area contributed by atoms with Crippen molar-refractivity contribution in [3.05, 3.63) is 34.4 Å². The Bertz CT molecular complexity index is 429. The van der Waals surface area contributed by atoms with Gasteiger partial charge in [-0.25, -0.2) is 0 Å². The number of hydrogen-bond acceptors (Lipinski definition) is 5. The summed E-state index contributed by atoms with van der Waals surface area (Å²) in [4.78, 5) is 20.4.